The van der Waals surface area contributed by atoms with Crippen LogP contribution in [0.5, 0.6) is 0 Å². The van der Waals surface area contributed by atoms with Gasteiger partial charge in [-0.1, -0.05) is 0 Å². The van der Waals surface area contributed by atoms with Crippen LogP contribution in [-0.2, 0) is 4.79 Å². The number of nitrogens with one attached hydrogen (secondary N) is 1. The van der Waals surface area contributed by atoms with E-state index in [2.05, 4.69) is 10.2 Å². The summed E-state index contributed by atoms with van der Waals surface area (Å²) >= 11 is 0. The summed E-state index contributed by atoms with van der Waals surface area (Å²) in [5.41, 5.74) is -3.56. The molecule has 2 radical (unpaired) electrons. The Morgan fingerprint density at radius 2 is 1.79 bits per heavy atom. The van der Waals surface area contributed by atoms with Crippen molar-refractivity contribution in [3.05, 3.63) is 29.6 Å². The molecular formula is C19H23BF5N3O. The van der Waals surface area contributed by atoms with Crippen molar-refractivity contribution in [2.24, 2.45) is 10.8 Å². The molecule has 1 aromatic rings. The number of pyridine rings is 1. The van der Waals surface area contributed by atoms with Gasteiger partial charge >= 0.3 is 6.18 Å². The van der Waals surface area contributed by atoms with E-state index < -0.39 is 52.2 Å². The molecule has 4 rings (SSSR count). The number of hydrogen-bond acceptors (Lipinski definition) is 3. The highest BCUT2D eigenvalue weighted by Gasteiger charge is 2.80. The Morgan fingerprint density at radius 1 is 1.24 bits per heavy atom. The highest BCUT2D eigenvalue weighted by molar-refractivity contribution is 6.07. The standard InChI is InChI=1S/C19H23BF5N3O/c1-10(13-12(22)5-11(21)6-26-13)28(16(2,3)4)15(29)14(27-20)17-7-18(8-17,9-17)19(23,24)25/h5-6,10,14,27H,7-9H2,1-4H3/t10-,14?,17?,18?/m1/s1. The van der Waals surface area contributed by atoms with Crippen LogP contribution in [0.25, 0.3) is 0 Å². The number of amides is 1. The van der Waals surface area contributed by atoms with Crippen molar-refractivity contribution < 1.29 is 26.7 Å². The van der Waals surface area contributed by atoms with Gasteiger partial charge in [-0.25, -0.2) is 8.78 Å². The van der Waals surface area contributed by atoms with Crippen LogP contribution in [0.15, 0.2) is 12.3 Å². The third kappa shape index (κ3) is 3.33. The molecule has 0 aliphatic heterocycles. The lowest BCUT2D eigenvalue weighted by atomic mass is 9.32. The lowest BCUT2D eigenvalue weighted by molar-refractivity contribution is -0.366. The van der Waals surface area contributed by atoms with Crippen molar-refractivity contribution in [2.75, 3.05) is 0 Å². The van der Waals surface area contributed by atoms with Gasteiger partial charge in [0.05, 0.1) is 29.4 Å². The zero-order chi connectivity index (χ0) is 22.0. The first-order chi connectivity index (χ1) is 13.2. The van der Waals surface area contributed by atoms with Crippen LogP contribution in [-0.4, -0.2) is 41.5 Å². The predicted molar refractivity (Wildman–Crippen MR) is 96.6 cm³/mol. The minimum absolute atomic E-state index is 0.130. The Kier molecular flexibility index (Phi) is 5.04. The van der Waals surface area contributed by atoms with Crippen molar-refractivity contribution in [2.45, 2.75) is 70.8 Å². The van der Waals surface area contributed by atoms with Gasteiger partial charge in [0.2, 0.25) is 5.91 Å². The maximum Gasteiger partial charge on any atom is 0.394 e. The molecule has 4 nitrogen and oxygen atoms in total. The minimum atomic E-state index is -4.31. The SMILES string of the molecule is [B]NC(C(=O)N([C@H](C)c1ncc(F)cc1F)C(C)(C)C)C12CC(C(F)(F)F)(C1)C2. The second kappa shape index (κ2) is 6.65. The van der Waals surface area contributed by atoms with E-state index in [1.54, 1.807) is 27.7 Å². The van der Waals surface area contributed by atoms with Gasteiger partial charge in [0, 0.05) is 11.6 Å². The molecule has 2 bridgehead atoms. The number of nitrogens with zero attached hydrogens (tertiary/aromatic N) is 2. The number of rotatable bonds is 5. The Balaban J connectivity index is 1.89. The highest BCUT2D eigenvalue weighted by Crippen LogP contribution is 2.79. The second-order valence-corrected chi connectivity index (χ2v) is 9.35. The van der Waals surface area contributed by atoms with E-state index in [4.69, 9.17) is 7.98 Å². The number of carbonyl (C=O) groups excluding carboxylic acids is 1. The minimum Gasteiger partial charge on any atom is -0.356 e. The fourth-order valence-corrected chi connectivity index (χ4v) is 5.08. The molecule has 1 heterocycles. The zero-order valence-electron chi connectivity index (χ0n) is 16.7. The van der Waals surface area contributed by atoms with Gasteiger partial charge in [0.1, 0.15) is 11.6 Å². The number of halogens is 5. The molecule has 158 valence electrons. The predicted octanol–water partition coefficient (Wildman–Crippen LogP) is 3.82. The fourth-order valence-electron chi connectivity index (χ4n) is 5.08. The van der Waals surface area contributed by atoms with E-state index in [9.17, 15) is 26.7 Å². The van der Waals surface area contributed by atoms with Crippen LogP contribution < -0.4 is 5.23 Å². The van der Waals surface area contributed by atoms with Crippen molar-refractivity contribution in [3.63, 3.8) is 0 Å². The summed E-state index contributed by atoms with van der Waals surface area (Å²) in [6.07, 6.45) is -3.96. The van der Waals surface area contributed by atoms with Crippen LogP contribution in [0.4, 0.5) is 22.0 Å². The van der Waals surface area contributed by atoms with Gasteiger partial charge < -0.3 is 10.1 Å². The number of aromatic nitrogens is 1. The maximum absolute atomic E-state index is 14.3. The van der Waals surface area contributed by atoms with Gasteiger partial charge in [0.25, 0.3) is 0 Å². The summed E-state index contributed by atoms with van der Waals surface area (Å²) in [6.45, 7) is 6.69. The molecule has 1 N–H and O–H groups in total. The van der Waals surface area contributed by atoms with Crippen LogP contribution in [0.3, 0.4) is 0 Å². The Bertz CT molecular complexity index is 803. The molecule has 1 amide bonds. The fraction of sp³-hybridized carbons (Fsp3) is 0.684. The average molecular weight is 415 g/mol. The largest absolute Gasteiger partial charge is 0.394 e. The Hall–Kier alpha value is -1.71. The molecule has 0 aromatic carbocycles. The van der Waals surface area contributed by atoms with Crippen LogP contribution in [0.2, 0.25) is 0 Å². The molecule has 1 aromatic heterocycles. The van der Waals surface area contributed by atoms with E-state index in [1.807, 2.05) is 0 Å². The molecule has 0 saturated heterocycles. The van der Waals surface area contributed by atoms with E-state index in [0.29, 0.717) is 6.07 Å². The summed E-state index contributed by atoms with van der Waals surface area (Å²) in [4.78, 5) is 18.5. The summed E-state index contributed by atoms with van der Waals surface area (Å²) in [5, 5.41) is 2.40. The average Bonchev–Trinajstić information content (AvgIpc) is 2.45. The maximum atomic E-state index is 14.3. The third-order valence-corrected chi connectivity index (χ3v) is 6.28. The molecule has 0 spiro atoms. The number of hydrogen-bond donors (Lipinski definition) is 1. The van der Waals surface area contributed by atoms with Crippen LogP contribution in [0.1, 0.15) is 58.7 Å². The van der Waals surface area contributed by atoms with E-state index in [-0.39, 0.29) is 25.0 Å². The Morgan fingerprint density at radius 3 is 2.21 bits per heavy atom. The van der Waals surface area contributed by atoms with Crippen molar-refractivity contribution >= 4 is 13.9 Å². The Labute approximate surface area is 167 Å². The van der Waals surface area contributed by atoms with Gasteiger partial charge in [-0.05, 0) is 52.4 Å². The molecule has 3 aliphatic carbocycles. The van der Waals surface area contributed by atoms with Crippen molar-refractivity contribution in [3.8, 4) is 0 Å². The highest BCUT2D eigenvalue weighted by atomic mass is 19.4. The lowest BCUT2D eigenvalue weighted by Gasteiger charge is -2.73. The van der Waals surface area contributed by atoms with Gasteiger partial charge in [0.15, 0.2) is 7.98 Å². The zero-order valence-corrected chi connectivity index (χ0v) is 16.7. The summed E-state index contributed by atoms with van der Waals surface area (Å²) < 4.78 is 67.1. The molecule has 2 atom stereocenters. The first-order valence-electron chi connectivity index (χ1n) is 9.34. The molecule has 29 heavy (non-hydrogen) atoms. The first kappa shape index (κ1) is 22.0. The van der Waals surface area contributed by atoms with E-state index in [1.165, 1.54) is 4.90 Å². The lowest BCUT2D eigenvalue weighted by Crippen LogP contribution is -2.76. The van der Waals surface area contributed by atoms with E-state index >= 15 is 0 Å². The van der Waals surface area contributed by atoms with Gasteiger partial charge in [-0.15, -0.1) is 0 Å². The molecule has 1 unspecified atom stereocenters. The first-order valence-corrected chi connectivity index (χ1v) is 9.34. The van der Waals surface area contributed by atoms with Crippen molar-refractivity contribution in [1.29, 1.82) is 0 Å². The normalized spacial score (nSPS) is 28.2. The molecule has 3 aliphatic rings. The van der Waals surface area contributed by atoms with E-state index in [0.717, 1.165) is 6.20 Å². The molecule has 10 heteroatoms. The van der Waals surface area contributed by atoms with Crippen LogP contribution in [0, 0.1) is 22.5 Å². The summed E-state index contributed by atoms with van der Waals surface area (Å²) in [7, 11) is 5.60. The number of carbonyl (C=O) groups is 1. The quantitative estimate of drug-likeness (QED) is 0.588. The van der Waals surface area contributed by atoms with Gasteiger partial charge in [-0.3, -0.25) is 9.78 Å². The molecular weight excluding hydrogens is 392 g/mol. The summed E-state index contributed by atoms with van der Waals surface area (Å²) in [5.74, 6) is -2.29. The monoisotopic (exact) mass is 415 g/mol. The molecule has 3 saturated carbocycles. The smallest absolute Gasteiger partial charge is 0.356 e. The topological polar surface area (TPSA) is 45.2 Å². The van der Waals surface area contributed by atoms with Crippen LogP contribution >= 0.6 is 0 Å². The molecule has 3 fully saturated rings. The van der Waals surface area contributed by atoms with Crippen molar-refractivity contribution in [1.82, 2.24) is 15.1 Å². The third-order valence-electron chi connectivity index (χ3n) is 6.28. The van der Waals surface area contributed by atoms with Gasteiger partial charge in [-0.2, -0.15) is 13.2 Å². The number of alkyl halides is 3. The summed E-state index contributed by atoms with van der Waals surface area (Å²) in [6, 6.07) is -1.25. The second-order valence-electron chi connectivity index (χ2n) is 9.35.